The largest absolute Gasteiger partial charge is 0.330 e. The molecule has 0 unspecified atom stereocenters. The number of anilines is 1. The van der Waals surface area contributed by atoms with E-state index in [1.807, 2.05) is 6.07 Å². The molecule has 2 N–H and O–H groups in total. The second kappa shape index (κ2) is 5.03. The zero-order chi connectivity index (χ0) is 14.1. The number of hydrogen-bond donors (Lipinski definition) is 2. The van der Waals surface area contributed by atoms with E-state index in [0.717, 1.165) is 0 Å². The molecule has 3 aromatic rings. The van der Waals surface area contributed by atoms with Crippen LogP contribution in [0.3, 0.4) is 0 Å². The number of aromatic nitrogens is 4. The van der Waals surface area contributed by atoms with E-state index in [9.17, 15) is 4.79 Å². The summed E-state index contributed by atoms with van der Waals surface area (Å²) in [5.41, 5.74) is 3.22. The van der Waals surface area contributed by atoms with Crippen LogP contribution >= 0.6 is 23.8 Å². The van der Waals surface area contributed by atoms with Gasteiger partial charge in [0.2, 0.25) is 0 Å². The molecule has 3 rings (SSSR count). The summed E-state index contributed by atoms with van der Waals surface area (Å²) < 4.78 is 1.45. The standard InChI is InChI=1S/C12H8ClN5OS/c13-9-5-6-10(16-15-9)17-18-11(19)7-3-1-2-4-8(7)14-12(18)20/h1-6H,(H,14,20)(H,16,17). The monoisotopic (exact) mass is 305 g/mol. The first-order valence-corrected chi connectivity index (χ1v) is 6.44. The van der Waals surface area contributed by atoms with Crippen LogP contribution in [-0.4, -0.2) is 19.9 Å². The molecule has 0 saturated carbocycles. The lowest BCUT2D eigenvalue weighted by Crippen LogP contribution is -2.28. The first-order chi connectivity index (χ1) is 9.65. The first kappa shape index (κ1) is 12.8. The van der Waals surface area contributed by atoms with Crippen LogP contribution in [0.25, 0.3) is 10.9 Å². The van der Waals surface area contributed by atoms with Crippen molar-refractivity contribution in [2.24, 2.45) is 0 Å². The van der Waals surface area contributed by atoms with Gasteiger partial charge in [0.05, 0.1) is 10.9 Å². The van der Waals surface area contributed by atoms with Crippen molar-refractivity contribution in [3.05, 3.63) is 56.7 Å². The van der Waals surface area contributed by atoms with Gasteiger partial charge in [-0.2, -0.15) is 4.68 Å². The Bertz CT molecular complexity index is 887. The Kier molecular flexibility index (Phi) is 3.21. The van der Waals surface area contributed by atoms with Gasteiger partial charge in [-0.15, -0.1) is 10.2 Å². The number of para-hydroxylation sites is 1. The quantitative estimate of drug-likeness (QED) is 0.711. The third kappa shape index (κ3) is 2.28. The van der Waals surface area contributed by atoms with Crippen LogP contribution in [0.4, 0.5) is 5.82 Å². The molecule has 0 bridgehead atoms. The zero-order valence-electron chi connectivity index (χ0n) is 10.0. The van der Waals surface area contributed by atoms with E-state index in [1.54, 1.807) is 30.3 Å². The average molecular weight is 306 g/mol. The molecule has 0 spiro atoms. The average Bonchev–Trinajstić information content (AvgIpc) is 2.45. The van der Waals surface area contributed by atoms with E-state index >= 15 is 0 Å². The number of H-pyrrole nitrogens is 1. The maximum atomic E-state index is 12.4. The van der Waals surface area contributed by atoms with Gasteiger partial charge in [-0.3, -0.25) is 10.2 Å². The molecular formula is C12H8ClN5OS. The normalized spacial score (nSPS) is 10.7. The van der Waals surface area contributed by atoms with Crippen LogP contribution in [-0.2, 0) is 0 Å². The molecule has 8 heteroatoms. The minimum Gasteiger partial charge on any atom is -0.330 e. The highest BCUT2D eigenvalue weighted by molar-refractivity contribution is 7.71. The second-order valence-electron chi connectivity index (χ2n) is 3.97. The Labute approximate surface area is 123 Å². The molecule has 2 heterocycles. The summed E-state index contributed by atoms with van der Waals surface area (Å²) in [7, 11) is 0. The van der Waals surface area contributed by atoms with Crippen molar-refractivity contribution in [2.45, 2.75) is 0 Å². The third-order valence-corrected chi connectivity index (χ3v) is 3.15. The van der Waals surface area contributed by atoms with Crippen LogP contribution in [0.15, 0.2) is 41.2 Å². The highest BCUT2D eigenvalue weighted by Gasteiger charge is 2.06. The summed E-state index contributed by atoms with van der Waals surface area (Å²) in [4.78, 5) is 15.3. The summed E-state index contributed by atoms with van der Waals surface area (Å²) in [6.45, 7) is 0. The Morgan fingerprint density at radius 2 is 2.00 bits per heavy atom. The van der Waals surface area contributed by atoms with Crippen LogP contribution in [0.2, 0.25) is 5.15 Å². The second-order valence-corrected chi connectivity index (χ2v) is 4.74. The van der Waals surface area contributed by atoms with E-state index in [-0.39, 0.29) is 15.5 Å². The lowest BCUT2D eigenvalue weighted by atomic mass is 10.2. The molecule has 0 saturated heterocycles. The molecule has 0 amide bonds. The lowest BCUT2D eigenvalue weighted by molar-refractivity contribution is 0.839. The minimum absolute atomic E-state index is 0.241. The van der Waals surface area contributed by atoms with Crippen LogP contribution in [0.5, 0.6) is 0 Å². The van der Waals surface area contributed by atoms with E-state index in [2.05, 4.69) is 20.6 Å². The topological polar surface area (TPSA) is 75.6 Å². The fourth-order valence-electron chi connectivity index (χ4n) is 1.75. The molecule has 2 aromatic heterocycles. The summed E-state index contributed by atoms with van der Waals surface area (Å²) in [5, 5.41) is 8.31. The molecule has 20 heavy (non-hydrogen) atoms. The predicted octanol–water partition coefficient (Wildman–Crippen LogP) is 2.38. The summed E-state index contributed by atoms with van der Waals surface area (Å²) >= 11 is 10.8. The van der Waals surface area contributed by atoms with Gasteiger partial charge in [-0.1, -0.05) is 23.7 Å². The Hall–Kier alpha value is -2.25. The number of hydrogen-bond acceptors (Lipinski definition) is 5. The lowest BCUT2D eigenvalue weighted by Gasteiger charge is -2.09. The van der Waals surface area contributed by atoms with E-state index < -0.39 is 0 Å². The molecular weight excluding hydrogens is 298 g/mol. The number of nitrogens with one attached hydrogen (secondary N) is 2. The number of fused-ring (bicyclic) bond motifs is 1. The molecule has 0 fully saturated rings. The van der Waals surface area contributed by atoms with Gasteiger partial charge in [0.25, 0.3) is 5.56 Å². The Morgan fingerprint density at radius 1 is 1.20 bits per heavy atom. The van der Waals surface area contributed by atoms with Crippen molar-refractivity contribution in [1.82, 2.24) is 19.9 Å². The minimum atomic E-state index is -0.263. The van der Waals surface area contributed by atoms with Crippen molar-refractivity contribution in [3.63, 3.8) is 0 Å². The van der Waals surface area contributed by atoms with Crippen molar-refractivity contribution >= 4 is 40.5 Å². The maximum Gasteiger partial charge on any atom is 0.281 e. The van der Waals surface area contributed by atoms with Crippen molar-refractivity contribution < 1.29 is 0 Å². The van der Waals surface area contributed by atoms with Gasteiger partial charge in [0.15, 0.2) is 15.7 Å². The first-order valence-electron chi connectivity index (χ1n) is 5.65. The molecule has 100 valence electrons. The molecule has 0 radical (unpaired) electrons. The van der Waals surface area contributed by atoms with Gasteiger partial charge < -0.3 is 4.98 Å². The summed E-state index contributed by atoms with van der Waals surface area (Å²) in [5.74, 6) is 0.367. The summed E-state index contributed by atoms with van der Waals surface area (Å²) in [6.07, 6.45) is 0. The molecule has 6 nitrogen and oxygen atoms in total. The smallest absolute Gasteiger partial charge is 0.281 e. The number of nitrogens with zero attached hydrogens (tertiary/aromatic N) is 3. The number of aromatic amines is 1. The fourth-order valence-corrected chi connectivity index (χ4v) is 2.09. The van der Waals surface area contributed by atoms with E-state index in [1.165, 1.54) is 4.68 Å². The van der Waals surface area contributed by atoms with Crippen molar-refractivity contribution in [3.8, 4) is 0 Å². The molecule has 0 aliphatic carbocycles. The van der Waals surface area contributed by atoms with Crippen LogP contribution < -0.4 is 11.0 Å². The Morgan fingerprint density at radius 3 is 2.75 bits per heavy atom. The van der Waals surface area contributed by atoms with Gasteiger partial charge in [0.1, 0.15) is 0 Å². The highest BCUT2D eigenvalue weighted by atomic mass is 35.5. The summed E-state index contributed by atoms with van der Waals surface area (Å²) in [6, 6.07) is 10.3. The van der Waals surface area contributed by atoms with Gasteiger partial charge in [-0.25, -0.2) is 0 Å². The highest BCUT2D eigenvalue weighted by Crippen LogP contribution is 2.08. The van der Waals surface area contributed by atoms with Crippen LogP contribution in [0.1, 0.15) is 0 Å². The fraction of sp³-hybridized carbons (Fsp3) is 0. The Balaban J connectivity index is 2.14. The number of benzene rings is 1. The number of halogens is 1. The molecule has 0 atom stereocenters. The molecule has 0 aliphatic rings. The number of rotatable bonds is 2. The maximum absolute atomic E-state index is 12.4. The molecule has 1 aromatic carbocycles. The van der Waals surface area contributed by atoms with E-state index in [0.29, 0.717) is 16.7 Å². The van der Waals surface area contributed by atoms with Crippen molar-refractivity contribution in [2.75, 3.05) is 5.43 Å². The van der Waals surface area contributed by atoms with Gasteiger partial charge >= 0.3 is 0 Å². The zero-order valence-corrected chi connectivity index (χ0v) is 11.6. The predicted molar refractivity (Wildman–Crippen MR) is 79.5 cm³/mol. The molecule has 0 aliphatic heterocycles. The van der Waals surface area contributed by atoms with E-state index in [4.69, 9.17) is 23.8 Å². The van der Waals surface area contributed by atoms with Gasteiger partial charge in [-0.05, 0) is 36.5 Å². The van der Waals surface area contributed by atoms with Gasteiger partial charge in [0, 0.05) is 0 Å². The van der Waals surface area contributed by atoms with Crippen LogP contribution in [0, 0.1) is 4.77 Å². The SMILES string of the molecule is O=c1c2ccccc2[nH]c(=S)n1Nc1ccc(Cl)nn1. The van der Waals surface area contributed by atoms with Crippen molar-refractivity contribution in [1.29, 1.82) is 0 Å². The third-order valence-electron chi connectivity index (χ3n) is 2.66.